The van der Waals surface area contributed by atoms with Crippen LogP contribution in [-0.4, -0.2) is 23.1 Å². The minimum absolute atomic E-state index is 0.426. The van der Waals surface area contributed by atoms with Crippen LogP contribution >= 0.6 is 11.6 Å². The highest BCUT2D eigenvalue weighted by Gasteiger charge is 2.35. The fraction of sp³-hybridized carbons (Fsp3) is 0.167. The molecule has 2 atom stereocenters. The number of amides is 1. The summed E-state index contributed by atoms with van der Waals surface area (Å²) in [5.74, 6) is -1.58. The summed E-state index contributed by atoms with van der Waals surface area (Å²) in [6.45, 7) is 0. The summed E-state index contributed by atoms with van der Waals surface area (Å²) in [5, 5.41) is 12.7. The van der Waals surface area contributed by atoms with Crippen molar-refractivity contribution >= 4 is 29.2 Å². The smallest absolute Gasteiger partial charge is 0.306 e. The number of hydrogen-bond acceptors (Lipinski definition) is 3. The van der Waals surface area contributed by atoms with Gasteiger partial charge in [0.2, 0.25) is 0 Å². The third kappa shape index (κ3) is 4.22. The van der Waals surface area contributed by atoms with Crippen molar-refractivity contribution in [3.05, 3.63) is 100 Å². The number of carboxylic acids is 1. The number of halogens is 1. The summed E-state index contributed by atoms with van der Waals surface area (Å²) in [6, 6.07) is 22.8. The fourth-order valence-corrected chi connectivity index (χ4v) is 3.94. The minimum atomic E-state index is -1.12. The second kappa shape index (κ2) is 8.69. The molecule has 1 aliphatic rings. The van der Waals surface area contributed by atoms with Crippen LogP contribution in [0.1, 0.15) is 34.8 Å². The van der Waals surface area contributed by atoms with Crippen molar-refractivity contribution in [2.24, 2.45) is 0 Å². The van der Waals surface area contributed by atoms with E-state index in [4.69, 9.17) is 16.3 Å². The first kappa shape index (κ1) is 20.1. The van der Waals surface area contributed by atoms with Crippen LogP contribution in [0.5, 0.6) is 0 Å². The molecule has 0 aromatic heterocycles. The van der Waals surface area contributed by atoms with Gasteiger partial charge in [-0.05, 0) is 35.2 Å². The average molecular weight is 422 g/mol. The zero-order chi connectivity index (χ0) is 21.1. The SMILES string of the molecule is O=C(O)CC1OC(c2ccccc2)c2c(ccc(Cl)c2Cc2ccccc2)NC1=O. The Morgan fingerprint density at radius 2 is 1.67 bits per heavy atom. The molecule has 0 spiro atoms. The normalized spacial score (nSPS) is 18.2. The van der Waals surface area contributed by atoms with E-state index in [9.17, 15) is 14.7 Å². The molecular weight excluding hydrogens is 402 g/mol. The molecule has 3 aromatic carbocycles. The molecule has 1 heterocycles. The molecule has 4 rings (SSSR count). The van der Waals surface area contributed by atoms with Gasteiger partial charge in [-0.3, -0.25) is 9.59 Å². The molecule has 0 radical (unpaired) electrons. The Hall–Kier alpha value is -3.15. The fourth-order valence-electron chi connectivity index (χ4n) is 3.71. The Bertz CT molecular complexity index is 1070. The van der Waals surface area contributed by atoms with E-state index >= 15 is 0 Å². The second-order valence-electron chi connectivity index (χ2n) is 7.15. The van der Waals surface area contributed by atoms with Crippen molar-refractivity contribution in [1.82, 2.24) is 0 Å². The minimum Gasteiger partial charge on any atom is -0.481 e. The van der Waals surface area contributed by atoms with Gasteiger partial charge in [-0.1, -0.05) is 72.3 Å². The van der Waals surface area contributed by atoms with Gasteiger partial charge in [-0.2, -0.15) is 0 Å². The number of ether oxygens (including phenoxy) is 1. The van der Waals surface area contributed by atoms with Crippen LogP contribution in [0.3, 0.4) is 0 Å². The van der Waals surface area contributed by atoms with Gasteiger partial charge in [-0.15, -0.1) is 0 Å². The van der Waals surface area contributed by atoms with Gasteiger partial charge in [0.1, 0.15) is 12.2 Å². The Kier molecular flexibility index (Phi) is 5.84. The number of carbonyl (C=O) groups excluding carboxylic acids is 1. The number of benzene rings is 3. The highest BCUT2D eigenvalue weighted by molar-refractivity contribution is 6.31. The van der Waals surface area contributed by atoms with Gasteiger partial charge in [0.25, 0.3) is 5.91 Å². The summed E-state index contributed by atoms with van der Waals surface area (Å²) in [4.78, 5) is 24.0. The number of carboxylic acid groups (broad SMARTS) is 1. The molecular formula is C24H20ClNO4. The van der Waals surface area contributed by atoms with Crippen molar-refractivity contribution in [2.75, 3.05) is 5.32 Å². The molecule has 0 fully saturated rings. The average Bonchev–Trinajstić information content (AvgIpc) is 2.88. The summed E-state index contributed by atoms with van der Waals surface area (Å²) >= 11 is 6.61. The van der Waals surface area contributed by atoms with Gasteiger partial charge < -0.3 is 15.2 Å². The molecule has 30 heavy (non-hydrogen) atoms. The molecule has 0 saturated heterocycles. The summed E-state index contributed by atoms with van der Waals surface area (Å²) < 4.78 is 6.13. The lowest BCUT2D eigenvalue weighted by Gasteiger charge is -2.24. The molecule has 1 amide bonds. The van der Waals surface area contributed by atoms with Gasteiger partial charge in [0.15, 0.2) is 0 Å². The number of nitrogens with one attached hydrogen (secondary N) is 1. The van der Waals surface area contributed by atoms with E-state index in [0.717, 1.165) is 22.3 Å². The van der Waals surface area contributed by atoms with Crippen LogP contribution in [0, 0.1) is 0 Å². The number of aliphatic carboxylic acids is 1. The summed E-state index contributed by atoms with van der Waals surface area (Å²) in [5.41, 5.74) is 4.06. The Balaban J connectivity index is 1.87. The molecule has 1 aliphatic heterocycles. The van der Waals surface area contributed by atoms with E-state index in [0.29, 0.717) is 17.1 Å². The molecule has 0 bridgehead atoms. The molecule has 2 N–H and O–H groups in total. The van der Waals surface area contributed by atoms with Crippen LogP contribution in [0.15, 0.2) is 72.8 Å². The van der Waals surface area contributed by atoms with Crippen molar-refractivity contribution in [1.29, 1.82) is 0 Å². The van der Waals surface area contributed by atoms with E-state index in [-0.39, 0.29) is 0 Å². The van der Waals surface area contributed by atoms with Crippen LogP contribution < -0.4 is 5.32 Å². The zero-order valence-corrected chi connectivity index (χ0v) is 16.8. The Labute approximate surface area is 179 Å². The number of carbonyl (C=O) groups is 2. The zero-order valence-electron chi connectivity index (χ0n) is 16.0. The van der Waals surface area contributed by atoms with Crippen LogP contribution in [-0.2, 0) is 20.7 Å². The summed E-state index contributed by atoms with van der Waals surface area (Å²) in [6.07, 6.45) is -1.63. The highest BCUT2D eigenvalue weighted by atomic mass is 35.5. The third-order valence-corrected chi connectivity index (χ3v) is 5.45. The van der Waals surface area contributed by atoms with E-state index in [1.165, 1.54) is 0 Å². The summed E-state index contributed by atoms with van der Waals surface area (Å²) in [7, 11) is 0. The molecule has 6 heteroatoms. The van der Waals surface area contributed by atoms with E-state index in [1.807, 2.05) is 60.7 Å². The first-order valence-corrected chi connectivity index (χ1v) is 9.99. The van der Waals surface area contributed by atoms with Crippen molar-refractivity contribution in [2.45, 2.75) is 25.0 Å². The maximum absolute atomic E-state index is 12.7. The first-order chi connectivity index (χ1) is 14.5. The largest absolute Gasteiger partial charge is 0.481 e. The Morgan fingerprint density at radius 1 is 1.00 bits per heavy atom. The first-order valence-electron chi connectivity index (χ1n) is 9.61. The predicted molar refractivity (Wildman–Crippen MR) is 115 cm³/mol. The molecule has 0 aliphatic carbocycles. The number of fused-ring (bicyclic) bond motifs is 1. The lowest BCUT2D eigenvalue weighted by molar-refractivity contribution is -0.146. The predicted octanol–water partition coefficient (Wildman–Crippen LogP) is 4.83. The van der Waals surface area contributed by atoms with Crippen molar-refractivity contribution in [3.8, 4) is 0 Å². The second-order valence-corrected chi connectivity index (χ2v) is 7.56. The van der Waals surface area contributed by atoms with Crippen molar-refractivity contribution < 1.29 is 19.4 Å². The maximum atomic E-state index is 12.7. The highest BCUT2D eigenvalue weighted by Crippen LogP contribution is 2.41. The van der Waals surface area contributed by atoms with Crippen LogP contribution in [0.25, 0.3) is 0 Å². The molecule has 152 valence electrons. The third-order valence-electron chi connectivity index (χ3n) is 5.10. The number of anilines is 1. The molecule has 0 saturated carbocycles. The van der Waals surface area contributed by atoms with E-state index in [1.54, 1.807) is 12.1 Å². The Morgan fingerprint density at radius 3 is 2.33 bits per heavy atom. The van der Waals surface area contributed by atoms with E-state index < -0.39 is 30.5 Å². The van der Waals surface area contributed by atoms with E-state index in [2.05, 4.69) is 5.32 Å². The lowest BCUT2D eigenvalue weighted by atomic mass is 9.91. The quantitative estimate of drug-likeness (QED) is 0.618. The van der Waals surface area contributed by atoms with Gasteiger partial charge in [0, 0.05) is 16.3 Å². The van der Waals surface area contributed by atoms with Gasteiger partial charge >= 0.3 is 5.97 Å². The van der Waals surface area contributed by atoms with Gasteiger partial charge in [0.05, 0.1) is 6.42 Å². The number of hydrogen-bond donors (Lipinski definition) is 2. The van der Waals surface area contributed by atoms with Crippen LogP contribution in [0.4, 0.5) is 5.69 Å². The monoisotopic (exact) mass is 421 g/mol. The lowest BCUT2D eigenvalue weighted by Crippen LogP contribution is -2.31. The standard InChI is InChI=1S/C24H20ClNO4/c25-18-11-12-19-22(17(18)13-15-7-3-1-4-8-15)23(16-9-5-2-6-10-16)30-20(14-21(27)28)24(29)26-19/h1-12,20,23H,13-14H2,(H,26,29)(H,27,28). The molecule has 2 unspecified atom stereocenters. The van der Waals surface area contributed by atoms with Gasteiger partial charge in [-0.25, -0.2) is 0 Å². The molecule has 3 aromatic rings. The molecule has 5 nitrogen and oxygen atoms in total. The maximum Gasteiger partial charge on any atom is 0.306 e. The topological polar surface area (TPSA) is 75.6 Å². The number of rotatable bonds is 5. The van der Waals surface area contributed by atoms with Crippen LogP contribution in [0.2, 0.25) is 5.02 Å². The van der Waals surface area contributed by atoms with Crippen molar-refractivity contribution in [3.63, 3.8) is 0 Å².